The molecule has 0 radical (unpaired) electrons. The third-order valence-corrected chi connectivity index (χ3v) is 3.32. The predicted octanol–water partition coefficient (Wildman–Crippen LogP) is 1.44. The molecule has 2 amide bonds. The molecule has 0 saturated carbocycles. The van der Waals surface area contributed by atoms with Gasteiger partial charge in [0.1, 0.15) is 0 Å². The minimum absolute atomic E-state index is 0. The van der Waals surface area contributed by atoms with E-state index in [9.17, 15) is 9.59 Å². The van der Waals surface area contributed by atoms with Gasteiger partial charge >= 0.3 is 0 Å². The fourth-order valence-electron chi connectivity index (χ4n) is 2.03. The topological polar surface area (TPSA) is 97.1 Å². The van der Waals surface area contributed by atoms with Crippen LogP contribution in [-0.4, -0.2) is 29.4 Å². The van der Waals surface area contributed by atoms with Crippen molar-refractivity contribution in [2.75, 3.05) is 6.54 Å². The molecular weight excluding hydrogens is 328 g/mol. The van der Waals surface area contributed by atoms with Gasteiger partial charge in [0.25, 0.3) is 5.91 Å². The van der Waals surface area contributed by atoms with Gasteiger partial charge in [-0.1, -0.05) is 30.3 Å². The molecular formula is C17H21ClN4O2. The Morgan fingerprint density at radius 1 is 1.17 bits per heavy atom. The highest BCUT2D eigenvalue weighted by molar-refractivity contribution is 5.93. The number of hydrogen-bond acceptors (Lipinski definition) is 4. The molecule has 2 aromatic rings. The van der Waals surface area contributed by atoms with Crippen LogP contribution in [0.4, 0.5) is 0 Å². The zero-order valence-electron chi connectivity index (χ0n) is 13.3. The molecule has 6 nitrogen and oxygen atoms in total. The molecule has 1 heterocycles. The number of carbonyl (C=O) groups excluding carboxylic acids is 2. The Morgan fingerprint density at radius 3 is 2.46 bits per heavy atom. The van der Waals surface area contributed by atoms with Gasteiger partial charge in [-0.3, -0.25) is 14.6 Å². The quantitative estimate of drug-likeness (QED) is 0.735. The van der Waals surface area contributed by atoms with E-state index in [0.717, 1.165) is 5.56 Å². The summed E-state index contributed by atoms with van der Waals surface area (Å²) in [6, 6.07) is 11.8. The Labute approximate surface area is 147 Å². The maximum absolute atomic E-state index is 12.1. The van der Waals surface area contributed by atoms with Crippen LogP contribution in [0.3, 0.4) is 0 Å². The third-order valence-electron chi connectivity index (χ3n) is 3.32. The van der Waals surface area contributed by atoms with E-state index in [-0.39, 0.29) is 36.8 Å². The summed E-state index contributed by atoms with van der Waals surface area (Å²) in [5, 5.41) is 5.65. The van der Waals surface area contributed by atoms with Gasteiger partial charge in [-0.2, -0.15) is 0 Å². The zero-order chi connectivity index (χ0) is 16.7. The Balaban J connectivity index is 0.00000288. The summed E-state index contributed by atoms with van der Waals surface area (Å²) < 4.78 is 0. The summed E-state index contributed by atoms with van der Waals surface area (Å²) >= 11 is 0. The first kappa shape index (κ1) is 19.6. The number of pyridine rings is 1. The van der Waals surface area contributed by atoms with Gasteiger partial charge in [0.05, 0.1) is 17.6 Å². The molecule has 4 N–H and O–H groups in total. The number of nitrogens with zero attached hydrogens (tertiary/aromatic N) is 1. The monoisotopic (exact) mass is 348 g/mol. The van der Waals surface area contributed by atoms with Crippen molar-refractivity contribution in [3.63, 3.8) is 0 Å². The van der Waals surface area contributed by atoms with E-state index in [1.54, 1.807) is 25.3 Å². The molecule has 0 aliphatic rings. The molecule has 0 bridgehead atoms. The van der Waals surface area contributed by atoms with Gasteiger partial charge in [-0.05, 0) is 24.6 Å². The second-order valence-corrected chi connectivity index (χ2v) is 5.21. The lowest BCUT2D eigenvalue weighted by molar-refractivity contribution is -0.122. The average Bonchev–Trinajstić information content (AvgIpc) is 2.59. The van der Waals surface area contributed by atoms with E-state index in [4.69, 9.17) is 5.73 Å². The highest BCUT2D eigenvalue weighted by Crippen LogP contribution is 2.12. The summed E-state index contributed by atoms with van der Waals surface area (Å²) in [5.41, 5.74) is 6.97. The van der Waals surface area contributed by atoms with Crippen LogP contribution in [0, 0.1) is 0 Å². The summed E-state index contributed by atoms with van der Waals surface area (Å²) in [6.45, 7) is 1.88. The molecule has 2 atom stereocenters. The summed E-state index contributed by atoms with van der Waals surface area (Å²) in [6.07, 6.45) is 3.10. The van der Waals surface area contributed by atoms with Crippen molar-refractivity contribution in [1.29, 1.82) is 0 Å². The molecule has 2 rings (SSSR count). The van der Waals surface area contributed by atoms with Crippen molar-refractivity contribution in [3.8, 4) is 0 Å². The maximum atomic E-state index is 12.1. The Hall–Kier alpha value is -2.44. The fraction of sp³-hybridized carbons (Fsp3) is 0.235. The second kappa shape index (κ2) is 9.64. The molecule has 7 heteroatoms. The lowest BCUT2D eigenvalue weighted by Crippen LogP contribution is -2.44. The van der Waals surface area contributed by atoms with Crippen molar-refractivity contribution >= 4 is 24.2 Å². The minimum atomic E-state index is -0.616. The van der Waals surface area contributed by atoms with Crippen molar-refractivity contribution in [3.05, 3.63) is 66.0 Å². The smallest absolute Gasteiger partial charge is 0.252 e. The van der Waals surface area contributed by atoms with Crippen LogP contribution in [0.2, 0.25) is 0 Å². The summed E-state index contributed by atoms with van der Waals surface area (Å²) in [5.74, 6) is -0.511. The number of halogens is 1. The number of amides is 2. The van der Waals surface area contributed by atoms with E-state index in [1.165, 1.54) is 6.20 Å². The molecule has 1 aromatic carbocycles. The predicted molar refractivity (Wildman–Crippen MR) is 94.8 cm³/mol. The van der Waals surface area contributed by atoms with E-state index in [2.05, 4.69) is 15.6 Å². The highest BCUT2D eigenvalue weighted by atomic mass is 35.5. The van der Waals surface area contributed by atoms with Gasteiger partial charge in [0.2, 0.25) is 5.91 Å². The first-order valence-electron chi connectivity index (χ1n) is 7.37. The van der Waals surface area contributed by atoms with Gasteiger partial charge in [0.15, 0.2) is 0 Å². The van der Waals surface area contributed by atoms with E-state index in [1.807, 2.05) is 30.3 Å². The second-order valence-electron chi connectivity index (χ2n) is 5.21. The van der Waals surface area contributed by atoms with Crippen LogP contribution in [0.15, 0.2) is 54.9 Å². The molecule has 2 unspecified atom stereocenters. The first-order chi connectivity index (χ1) is 11.1. The van der Waals surface area contributed by atoms with Crippen molar-refractivity contribution in [2.45, 2.75) is 19.0 Å². The van der Waals surface area contributed by atoms with E-state index < -0.39 is 6.04 Å². The zero-order valence-corrected chi connectivity index (χ0v) is 14.1. The number of nitrogens with one attached hydrogen (secondary N) is 2. The van der Waals surface area contributed by atoms with E-state index in [0.29, 0.717) is 5.56 Å². The van der Waals surface area contributed by atoms with Crippen LogP contribution < -0.4 is 16.4 Å². The standard InChI is InChI=1S/C17H20N4O2.ClH/c1-12(18)16(22)21-15(13-6-3-2-4-7-13)11-20-17(23)14-8-5-9-19-10-14;/h2-10,12,15H,11,18H2,1H3,(H,20,23)(H,21,22);1H. The van der Waals surface area contributed by atoms with Crippen LogP contribution in [-0.2, 0) is 4.79 Å². The normalized spacial score (nSPS) is 12.4. The number of benzene rings is 1. The molecule has 0 aliphatic heterocycles. The highest BCUT2D eigenvalue weighted by Gasteiger charge is 2.18. The molecule has 1 aromatic heterocycles. The van der Waals surface area contributed by atoms with Crippen molar-refractivity contribution in [2.24, 2.45) is 5.73 Å². The van der Waals surface area contributed by atoms with Crippen LogP contribution in [0.1, 0.15) is 28.9 Å². The Kier molecular flexibility index (Phi) is 7.88. The molecule has 0 fully saturated rings. The van der Waals surface area contributed by atoms with Crippen LogP contribution in [0.5, 0.6) is 0 Å². The number of hydrogen-bond donors (Lipinski definition) is 3. The Bertz CT molecular complexity index is 650. The average molecular weight is 349 g/mol. The number of nitrogens with two attached hydrogens (primary N) is 1. The molecule has 0 saturated heterocycles. The van der Waals surface area contributed by atoms with Crippen LogP contribution in [0.25, 0.3) is 0 Å². The Morgan fingerprint density at radius 2 is 1.88 bits per heavy atom. The third kappa shape index (κ3) is 5.64. The largest absolute Gasteiger partial charge is 0.350 e. The molecule has 24 heavy (non-hydrogen) atoms. The SMILES string of the molecule is CC(N)C(=O)NC(CNC(=O)c1cccnc1)c1ccccc1.Cl. The fourth-order valence-corrected chi connectivity index (χ4v) is 2.03. The van der Waals surface area contributed by atoms with Crippen LogP contribution >= 0.6 is 12.4 Å². The van der Waals surface area contributed by atoms with Gasteiger partial charge in [-0.25, -0.2) is 0 Å². The van der Waals surface area contributed by atoms with E-state index >= 15 is 0 Å². The number of rotatable bonds is 6. The number of aromatic nitrogens is 1. The van der Waals surface area contributed by atoms with Crippen molar-refractivity contribution < 1.29 is 9.59 Å². The van der Waals surface area contributed by atoms with Gasteiger partial charge in [-0.15, -0.1) is 12.4 Å². The molecule has 128 valence electrons. The maximum Gasteiger partial charge on any atom is 0.252 e. The minimum Gasteiger partial charge on any atom is -0.350 e. The lowest BCUT2D eigenvalue weighted by atomic mass is 10.1. The van der Waals surface area contributed by atoms with Crippen molar-refractivity contribution in [1.82, 2.24) is 15.6 Å². The summed E-state index contributed by atoms with van der Waals surface area (Å²) in [4.78, 5) is 27.9. The lowest BCUT2D eigenvalue weighted by Gasteiger charge is -2.21. The molecule has 0 spiro atoms. The number of carbonyl (C=O) groups is 2. The van der Waals surface area contributed by atoms with Gasteiger partial charge in [0, 0.05) is 18.9 Å². The van der Waals surface area contributed by atoms with Gasteiger partial charge < -0.3 is 16.4 Å². The first-order valence-corrected chi connectivity index (χ1v) is 7.37. The summed E-state index contributed by atoms with van der Waals surface area (Å²) in [7, 11) is 0. The molecule has 0 aliphatic carbocycles.